The van der Waals surface area contributed by atoms with Crippen molar-refractivity contribution in [3.05, 3.63) is 250 Å². The number of ether oxygens (including phenoxy) is 3. The Bertz CT molecular complexity index is 4240. The van der Waals surface area contributed by atoms with Crippen molar-refractivity contribution in [2.45, 2.75) is 204 Å². The Kier molecular flexibility index (Phi) is 83.7. The molecule has 0 spiro atoms. The van der Waals surface area contributed by atoms with Gasteiger partial charge in [-0.25, -0.2) is 14.4 Å². The maximum Gasteiger partial charge on any atom is 1.00 e. The monoisotopic (exact) mass is 2400 g/mol. The molecule has 0 saturated carbocycles. The molecule has 6 N–H and O–H groups in total. The summed E-state index contributed by atoms with van der Waals surface area (Å²) in [5, 5.41) is 54.4. The first-order valence-corrected chi connectivity index (χ1v) is 50.7. The molecule has 0 aliphatic carbocycles. The van der Waals surface area contributed by atoms with Gasteiger partial charge in [-0.15, -0.1) is 0 Å². The molecule has 4 amide bonds. The van der Waals surface area contributed by atoms with E-state index in [0.717, 1.165) is 116 Å². The zero-order valence-corrected chi connectivity index (χ0v) is 97.1. The number of aldehydes is 2. The summed E-state index contributed by atoms with van der Waals surface area (Å²) < 4.78 is 24.7. The van der Waals surface area contributed by atoms with Crippen molar-refractivity contribution in [2.75, 3.05) is 62.0 Å². The summed E-state index contributed by atoms with van der Waals surface area (Å²) in [5.41, 5.74) is 7.53. The van der Waals surface area contributed by atoms with Crippen LogP contribution in [0.1, 0.15) is 188 Å². The van der Waals surface area contributed by atoms with Gasteiger partial charge in [0.1, 0.15) is 23.1 Å². The van der Waals surface area contributed by atoms with E-state index in [1.54, 1.807) is 73.5 Å². The molecule has 709 valence electrons. The van der Waals surface area contributed by atoms with E-state index in [1.165, 1.54) is 53.8 Å². The molecule has 3 radical (unpaired) electrons. The molecule has 21 nitrogen and oxygen atoms in total. The number of halogens is 10. The Balaban J connectivity index is -0.000000183. The minimum absolute atomic E-state index is 0. The number of pyridine rings is 2. The first-order chi connectivity index (χ1) is 58.0. The number of hydrogen-bond acceptors (Lipinski definition) is 17. The van der Waals surface area contributed by atoms with Gasteiger partial charge in [-0.3, -0.25) is 19.6 Å². The molecule has 0 aliphatic rings. The number of aromatic nitrogens is 2. The number of hydrogen-bond donors (Lipinski definition) is 6. The fourth-order valence-electron chi connectivity index (χ4n) is 8.60. The summed E-state index contributed by atoms with van der Waals surface area (Å²) in [4.78, 5) is 78.4. The average Bonchev–Trinajstić information content (AvgIpc) is 0.810. The molecule has 0 fully saturated rings. The SMILES string of the molecule is Brc1cccc(Br)c1.C.CC(C)(C)[Si](C)(C)Cl.CCc1c(-c2cccnc2)cccc1C(O)CN(C)C(=O)OC(C)(C)C.CCc1c(Br)cccc1Br.CCc1c(Br)cccc1C(O)CN(C)C(=O)OC(C)(C)C.CN(C)C=O.CN(CC=O)C(=O)OC(C)(C)C.CO.O=Cc1c(Br)cccc1Br.OB(O)c1cccnc1.OCc1c(Br)cccc1Br.[B].[CH2-]CCC.[H-].[Li+].[Na+]. The minimum Gasteiger partial charge on any atom is -1.00 e. The van der Waals surface area contributed by atoms with Crippen LogP contribution in [-0.4, -0.2) is 199 Å². The standard InChI is InChI=1S/C21H28N2O3.C16H24BrNO3.C8H8Br2.C8H15NO3.C7H6Br2O.C7H4Br2O.C6H4Br2.C6H15ClSi.C5H6BNO2.C4H9.C3H7NO.CH4O.CH4.B.Li.Na.H/c1-6-16-17(15-9-8-12-22-13-15)10-7-11-18(16)19(24)14-23(5)20(25)26-21(2,3)4;1-6-11-12(8-7-9-13(11)17)14(19)10-18(5)15(20)21-16(2,3)4;1-2-6-7(9)4-3-5-8(6)10;1-8(2,3)12-7(11)9(4)5-6-10;2*8-6-2-1-3-7(9)5(6)4-10;7-5-2-1-3-6(8)4-5;1-6(2,3)8(4,5)7;8-6(9)5-2-1-3-7-4-5;1-3-4-2;1-4(2)3-5;1-2;;;;;/h7-13,19,24H,6,14H2,1-5H3;7-9,14,19H,6,10H2,1-5H3;3-5H,2H2,1H3;6H,5H2,1-4H3;1-3,10H,4H2;1-4H;1-4H;1-5H3;1-4,8-9H;1,3-4H2,2H3;3H,1-2H3;2H,1H3;1H4;;;;/q;;;;;;;;;-1;;;;;2*+1;-1. The summed E-state index contributed by atoms with van der Waals surface area (Å²) in [6.07, 6.45) is 10.8. The van der Waals surface area contributed by atoms with Gasteiger partial charge in [-0.2, -0.15) is 17.5 Å². The van der Waals surface area contributed by atoms with Crippen molar-refractivity contribution in [2.24, 2.45) is 0 Å². The molecule has 0 aliphatic heterocycles. The van der Waals surface area contributed by atoms with Crippen molar-refractivity contribution < 1.29 is 123 Å². The zero-order chi connectivity index (χ0) is 97.4. The summed E-state index contributed by atoms with van der Waals surface area (Å²) in [5.74, 6) is 0. The predicted octanol–water partition coefficient (Wildman–Crippen LogP) is 19.2. The number of aliphatic hydroxyl groups excluding tert-OH is 4. The number of likely N-dealkylation sites (N-methyl/N-ethyl adjacent to an activating group) is 3. The van der Waals surface area contributed by atoms with Gasteiger partial charge < -0.3 is 77.4 Å². The van der Waals surface area contributed by atoms with Crippen molar-refractivity contribution in [1.29, 1.82) is 0 Å². The van der Waals surface area contributed by atoms with Gasteiger partial charge >= 0.3 is 73.8 Å². The molecule has 8 aromatic rings. The molecule has 0 saturated heterocycles. The van der Waals surface area contributed by atoms with Crippen molar-refractivity contribution in [1.82, 2.24) is 29.6 Å². The Morgan fingerprint density at radius 2 is 0.845 bits per heavy atom. The summed E-state index contributed by atoms with van der Waals surface area (Å²) in [6, 6.07) is 44.1. The molecule has 2 aromatic heterocycles. The number of benzene rings is 6. The van der Waals surface area contributed by atoms with Gasteiger partial charge in [0.15, 0.2) is 13.7 Å². The quantitative estimate of drug-likeness (QED) is 0.0162. The summed E-state index contributed by atoms with van der Waals surface area (Å²) in [7, 11) is 6.36. The van der Waals surface area contributed by atoms with Crippen LogP contribution >= 0.6 is 154 Å². The van der Waals surface area contributed by atoms with Crippen LogP contribution in [0.25, 0.3) is 11.1 Å². The number of nitrogens with zero attached hydrogens (tertiary/aromatic N) is 6. The molecule has 36 heteroatoms. The topological polar surface area (TPSA) is 290 Å². The fraction of sp³-hybridized carbons (Fsp3) is 0.430. The first-order valence-electron chi connectivity index (χ1n) is 39.5. The Hall–Kier alpha value is -3.45. The van der Waals surface area contributed by atoms with Crippen molar-refractivity contribution in [3.8, 4) is 11.1 Å². The third kappa shape index (κ3) is 65.8. The summed E-state index contributed by atoms with van der Waals surface area (Å²) >= 11 is 36.4. The molecule has 129 heavy (non-hydrogen) atoms. The smallest absolute Gasteiger partial charge is 1.00 e. The van der Waals surface area contributed by atoms with Gasteiger partial charge in [0, 0.05) is 138 Å². The van der Waals surface area contributed by atoms with Crippen LogP contribution in [-0.2, 0) is 49.7 Å². The van der Waals surface area contributed by atoms with Crippen LogP contribution in [0.2, 0.25) is 18.1 Å². The molecule has 2 unspecified atom stereocenters. The van der Waals surface area contributed by atoms with E-state index in [0.29, 0.717) is 22.4 Å². The molecular weight excluding hydrogens is 2280 g/mol. The second-order valence-electron chi connectivity index (χ2n) is 31.3. The number of aliphatic hydroxyl groups is 4. The van der Waals surface area contributed by atoms with Crippen LogP contribution in [0.4, 0.5) is 14.4 Å². The molecule has 2 heterocycles. The maximum atomic E-state index is 12.2. The Morgan fingerprint density at radius 3 is 1.09 bits per heavy atom. The second-order valence-corrected chi connectivity index (χ2v) is 46.4. The number of amides is 4. The van der Waals surface area contributed by atoms with Crippen molar-refractivity contribution in [3.63, 3.8) is 0 Å². The van der Waals surface area contributed by atoms with Crippen molar-refractivity contribution >= 4 is 220 Å². The van der Waals surface area contributed by atoms with E-state index >= 15 is 0 Å². The number of carbonyl (C=O) groups is 6. The molecule has 0 bridgehead atoms. The fourth-order valence-corrected chi connectivity index (χ4v) is 14.4. The third-order valence-electron chi connectivity index (χ3n) is 16.0. The third-order valence-corrected chi connectivity index (χ3v) is 27.3. The molecule has 2 atom stereocenters. The average molecular weight is 2410 g/mol. The van der Waals surface area contributed by atoms with Gasteiger partial charge in [0.05, 0.1) is 38.4 Å². The van der Waals surface area contributed by atoms with Crippen LogP contribution < -0.4 is 53.9 Å². The normalized spacial score (nSPS) is 10.5. The Labute approximate surface area is 890 Å². The predicted molar refractivity (Wildman–Crippen MR) is 562 cm³/mol. The van der Waals surface area contributed by atoms with Gasteiger partial charge in [-0.05, 0) is 193 Å². The van der Waals surface area contributed by atoms with E-state index in [1.807, 2.05) is 170 Å². The van der Waals surface area contributed by atoms with E-state index in [4.69, 9.17) is 45.6 Å². The number of carbonyl (C=O) groups excluding carboxylic acids is 6. The second kappa shape index (κ2) is 76.6. The van der Waals surface area contributed by atoms with Crippen LogP contribution in [0.5, 0.6) is 0 Å². The first kappa shape index (κ1) is 141. The summed E-state index contributed by atoms with van der Waals surface area (Å²) in [6.45, 7) is 39.6. The molecule has 8 rings (SSSR count). The minimum atomic E-state index is -1.40. The van der Waals surface area contributed by atoms with Crippen LogP contribution in [0.15, 0.2) is 205 Å². The number of unbranched alkanes of at least 4 members (excludes halogenated alkanes) is 1. The van der Waals surface area contributed by atoms with Crippen LogP contribution in [0.3, 0.4) is 0 Å². The van der Waals surface area contributed by atoms with Gasteiger partial charge in [0.25, 0.3) is 0 Å². The molecule has 6 aromatic carbocycles. The van der Waals surface area contributed by atoms with E-state index in [9.17, 15) is 39.0 Å². The maximum absolute atomic E-state index is 12.2. The van der Waals surface area contributed by atoms with Gasteiger partial charge in [0.2, 0.25) is 6.41 Å². The molecular formula is C93H135B2Br9ClLiN6NaO15Si. The Morgan fingerprint density at radius 1 is 0.527 bits per heavy atom. The van der Waals surface area contributed by atoms with Gasteiger partial charge in [-0.1, -0.05) is 286 Å². The van der Waals surface area contributed by atoms with E-state index in [2.05, 4.69) is 227 Å². The van der Waals surface area contributed by atoms with E-state index < -0.39 is 61.8 Å². The van der Waals surface area contributed by atoms with E-state index in [-0.39, 0.29) is 91.9 Å². The zero-order valence-electron chi connectivity index (χ0n) is 80.0. The van der Waals surface area contributed by atoms with Crippen LogP contribution in [0, 0.1) is 6.92 Å². The largest absolute Gasteiger partial charge is 1.00 e. The number of rotatable bonds is 17.